The van der Waals surface area contributed by atoms with Crippen LogP contribution in [-0.4, -0.2) is 23.4 Å². The molecule has 20 heavy (non-hydrogen) atoms. The molecule has 0 aromatic heterocycles. The Balaban J connectivity index is 0. The molecule has 2 heteroatoms. The van der Waals surface area contributed by atoms with Gasteiger partial charge in [0, 0.05) is 13.1 Å². The van der Waals surface area contributed by atoms with Crippen molar-refractivity contribution < 1.29 is 5.21 Å². The van der Waals surface area contributed by atoms with Crippen LogP contribution < -0.4 is 0 Å². The van der Waals surface area contributed by atoms with E-state index < -0.39 is 0 Å². The summed E-state index contributed by atoms with van der Waals surface area (Å²) in [7, 11) is 0. The molecule has 0 bridgehead atoms. The monoisotopic (exact) mass is 287 g/mol. The molecule has 0 saturated heterocycles. The van der Waals surface area contributed by atoms with Crippen LogP contribution in [0.2, 0.25) is 0 Å². The highest BCUT2D eigenvalue weighted by molar-refractivity contribution is 4.50. The maximum absolute atomic E-state index is 9.69. The van der Waals surface area contributed by atoms with Gasteiger partial charge in [0.1, 0.15) is 0 Å². The van der Waals surface area contributed by atoms with E-state index in [2.05, 4.69) is 13.8 Å². The third-order valence-corrected chi connectivity index (χ3v) is 3.54. The Morgan fingerprint density at radius 1 is 0.550 bits per heavy atom. The van der Waals surface area contributed by atoms with Gasteiger partial charge in [-0.05, 0) is 12.8 Å². The summed E-state index contributed by atoms with van der Waals surface area (Å²) >= 11 is 0. The third kappa shape index (κ3) is 20.2. The molecule has 0 fully saturated rings. The standard InChI is InChI=1S/C16H35NO.C2H6/c1-3-5-7-9-11-13-15-17(18)16-14-12-10-8-6-4-2;1-2/h18H,3-16H2,1-2H3;1-2H3. The van der Waals surface area contributed by atoms with Crippen LogP contribution in [0.15, 0.2) is 0 Å². The molecule has 0 unspecified atom stereocenters. The number of rotatable bonds is 14. The summed E-state index contributed by atoms with van der Waals surface area (Å²) < 4.78 is 0. The molecule has 0 aromatic rings. The fourth-order valence-corrected chi connectivity index (χ4v) is 2.26. The summed E-state index contributed by atoms with van der Waals surface area (Å²) in [5, 5.41) is 11.2. The first kappa shape index (κ1) is 22.2. The molecule has 1 N–H and O–H groups in total. The highest BCUT2D eigenvalue weighted by atomic mass is 16.5. The lowest BCUT2D eigenvalue weighted by molar-refractivity contribution is -0.0925. The van der Waals surface area contributed by atoms with E-state index in [4.69, 9.17) is 0 Å². The number of nitrogens with zero attached hydrogens (tertiary/aromatic N) is 1. The minimum Gasteiger partial charge on any atom is -0.314 e. The average Bonchev–Trinajstić information content (AvgIpc) is 2.48. The second-order valence-corrected chi connectivity index (χ2v) is 5.49. The Morgan fingerprint density at radius 3 is 1.20 bits per heavy atom. The maximum Gasteiger partial charge on any atom is 0.0238 e. The zero-order valence-electron chi connectivity index (χ0n) is 14.8. The van der Waals surface area contributed by atoms with E-state index in [0.29, 0.717) is 0 Å². The van der Waals surface area contributed by atoms with Crippen molar-refractivity contribution >= 4 is 0 Å². The molecular weight excluding hydrogens is 246 g/mol. The van der Waals surface area contributed by atoms with Crippen LogP contribution in [0.5, 0.6) is 0 Å². The van der Waals surface area contributed by atoms with E-state index in [-0.39, 0.29) is 0 Å². The van der Waals surface area contributed by atoms with Crippen LogP contribution in [-0.2, 0) is 0 Å². The minimum absolute atomic E-state index is 0.862. The predicted molar refractivity (Wildman–Crippen MR) is 91.5 cm³/mol. The van der Waals surface area contributed by atoms with E-state index in [9.17, 15) is 5.21 Å². The molecular formula is C18H41NO. The zero-order valence-corrected chi connectivity index (χ0v) is 14.8. The molecule has 0 heterocycles. The van der Waals surface area contributed by atoms with Crippen LogP contribution in [0.25, 0.3) is 0 Å². The van der Waals surface area contributed by atoms with Gasteiger partial charge in [-0.25, -0.2) is 0 Å². The molecule has 0 rings (SSSR count). The molecule has 0 atom stereocenters. The second-order valence-electron chi connectivity index (χ2n) is 5.49. The first-order chi connectivity index (χ1) is 9.81. The lowest BCUT2D eigenvalue weighted by Crippen LogP contribution is -2.21. The quantitative estimate of drug-likeness (QED) is 0.294. The number of hydrogen-bond acceptors (Lipinski definition) is 2. The van der Waals surface area contributed by atoms with Gasteiger partial charge < -0.3 is 5.21 Å². The summed E-state index contributed by atoms with van der Waals surface area (Å²) in [6.07, 6.45) is 15.6. The summed E-state index contributed by atoms with van der Waals surface area (Å²) in [6, 6.07) is 0. The van der Waals surface area contributed by atoms with Crippen molar-refractivity contribution in [1.29, 1.82) is 0 Å². The third-order valence-electron chi connectivity index (χ3n) is 3.54. The van der Waals surface area contributed by atoms with Gasteiger partial charge >= 0.3 is 0 Å². The summed E-state index contributed by atoms with van der Waals surface area (Å²) in [5.41, 5.74) is 0. The molecule has 0 spiro atoms. The summed E-state index contributed by atoms with van der Waals surface area (Å²) in [6.45, 7) is 10.2. The van der Waals surface area contributed by atoms with Crippen LogP contribution >= 0.6 is 0 Å². The highest BCUT2D eigenvalue weighted by Crippen LogP contribution is 2.07. The van der Waals surface area contributed by atoms with Gasteiger partial charge in [-0.3, -0.25) is 0 Å². The van der Waals surface area contributed by atoms with Crippen molar-refractivity contribution in [3.63, 3.8) is 0 Å². The maximum atomic E-state index is 9.69. The van der Waals surface area contributed by atoms with Gasteiger partial charge in [0.05, 0.1) is 0 Å². The zero-order chi connectivity index (χ0) is 15.5. The van der Waals surface area contributed by atoms with Gasteiger partial charge in [-0.15, -0.1) is 0 Å². The van der Waals surface area contributed by atoms with E-state index in [1.807, 2.05) is 13.8 Å². The number of unbranched alkanes of at least 4 members (excludes halogenated alkanes) is 10. The van der Waals surface area contributed by atoms with Crippen LogP contribution in [0, 0.1) is 0 Å². The molecule has 124 valence electrons. The lowest BCUT2D eigenvalue weighted by atomic mass is 10.1. The van der Waals surface area contributed by atoms with Gasteiger partial charge in [0.25, 0.3) is 0 Å². The van der Waals surface area contributed by atoms with Gasteiger partial charge in [0.15, 0.2) is 0 Å². The smallest absolute Gasteiger partial charge is 0.0238 e. The predicted octanol–water partition coefficient (Wildman–Crippen LogP) is 6.42. The number of hydroxylamine groups is 2. The fourth-order valence-electron chi connectivity index (χ4n) is 2.26. The van der Waals surface area contributed by atoms with E-state index >= 15 is 0 Å². The Labute approximate surface area is 128 Å². The van der Waals surface area contributed by atoms with Crippen molar-refractivity contribution in [3.8, 4) is 0 Å². The molecule has 0 aromatic carbocycles. The van der Waals surface area contributed by atoms with Crippen LogP contribution in [0.1, 0.15) is 105 Å². The Kier molecular flexibility index (Phi) is 23.6. The van der Waals surface area contributed by atoms with Crippen molar-refractivity contribution in [2.75, 3.05) is 13.1 Å². The molecule has 2 nitrogen and oxygen atoms in total. The summed E-state index contributed by atoms with van der Waals surface area (Å²) in [5.74, 6) is 0. The lowest BCUT2D eigenvalue weighted by Gasteiger charge is -2.14. The minimum atomic E-state index is 0.862. The SMILES string of the molecule is CC.CCCCCCCCN(O)CCCCCCCC. The summed E-state index contributed by atoms with van der Waals surface area (Å²) in [4.78, 5) is 0. The molecule has 0 aliphatic rings. The second kappa shape index (κ2) is 21.2. The fraction of sp³-hybridized carbons (Fsp3) is 1.00. The molecule has 0 amide bonds. The van der Waals surface area contributed by atoms with Crippen molar-refractivity contribution in [3.05, 3.63) is 0 Å². The van der Waals surface area contributed by atoms with Gasteiger partial charge in [0.2, 0.25) is 0 Å². The Hall–Kier alpha value is -0.0800. The number of hydrogen-bond donors (Lipinski definition) is 1. The molecule has 0 radical (unpaired) electrons. The van der Waals surface area contributed by atoms with Crippen molar-refractivity contribution in [1.82, 2.24) is 5.06 Å². The Morgan fingerprint density at radius 2 is 0.850 bits per heavy atom. The Bertz CT molecular complexity index is 134. The van der Waals surface area contributed by atoms with Gasteiger partial charge in [-0.2, -0.15) is 5.06 Å². The average molecular weight is 288 g/mol. The van der Waals surface area contributed by atoms with E-state index in [0.717, 1.165) is 25.9 Å². The largest absolute Gasteiger partial charge is 0.314 e. The normalized spacial score (nSPS) is 10.5. The molecule has 0 saturated carbocycles. The first-order valence-corrected chi connectivity index (χ1v) is 9.25. The van der Waals surface area contributed by atoms with Gasteiger partial charge in [-0.1, -0.05) is 91.9 Å². The van der Waals surface area contributed by atoms with Crippen molar-refractivity contribution in [2.45, 2.75) is 105 Å². The topological polar surface area (TPSA) is 23.5 Å². The van der Waals surface area contributed by atoms with E-state index in [1.54, 1.807) is 0 Å². The first-order valence-electron chi connectivity index (χ1n) is 9.25. The van der Waals surface area contributed by atoms with Crippen molar-refractivity contribution in [2.24, 2.45) is 0 Å². The molecule has 0 aliphatic heterocycles. The van der Waals surface area contributed by atoms with Crippen LogP contribution in [0.4, 0.5) is 0 Å². The van der Waals surface area contributed by atoms with E-state index in [1.165, 1.54) is 69.3 Å². The molecule has 0 aliphatic carbocycles. The van der Waals surface area contributed by atoms with Crippen LogP contribution in [0.3, 0.4) is 0 Å². The highest BCUT2D eigenvalue weighted by Gasteiger charge is 2.00.